The van der Waals surface area contributed by atoms with Gasteiger partial charge in [-0.05, 0) is 37.0 Å². The molecule has 0 unspecified atom stereocenters. The summed E-state index contributed by atoms with van der Waals surface area (Å²) in [5, 5.41) is 9.04. The van der Waals surface area contributed by atoms with E-state index in [-0.39, 0.29) is 15.5 Å². The fraction of sp³-hybridized carbons (Fsp3) is 0.500. The number of halogens is 1. The molecular formula is C14H18ClNO4S. The first-order chi connectivity index (χ1) is 9.86. The van der Waals surface area contributed by atoms with E-state index in [1.54, 1.807) is 0 Å². The van der Waals surface area contributed by atoms with Crippen molar-refractivity contribution in [2.24, 2.45) is 5.92 Å². The van der Waals surface area contributed by atoms with Crippen LogP contribution in [0.15, 0.2) is 23.1 Å². The molecule has 0 atom stereocenters. The molecule has 116 valence electrons. The van der Waals surface area contributed by atoms with Crippen LogP contribution in [0.5, 0.6) is 0 Å². The monoisotopic (exact) mass is 331 g/mol. The van der Waals surface area contributed by atoms with E-state index in [4.69, 9.17) is 16.7 Å². The summed E-state index contributed by atoms with van der Waals surface area (Å²) in [5.41, 5.74) is -0.0820. The van der Waals surface area contributed by atoms with Crippen molar-refractivity contribution in [1.29, 1.82) is 0 Å². The standard InChI is InChI=1S/C14H18ClNO4S/c1-2-10-5-7-16(8-6-10)21(19,20)13-9-11(14(17)18)3-4-12(13)15/h3-4,9-10H,2,5-8H2,1H3,(H,17,18). The Labute approximate surface area is 129 Å². The van der Waals surface area contributed by atoms with Crippen LogP contribution in [0.4, 0.5) is 0 Å². The van der Waals surface area contributed by atoms with E-state index in [1.165, 1.54) is 16.4 Å². The zero-order chi connectivity index (χ0) is 15.6. The van der Waals surface area contributed by atoms with Gasteiger partial charge in [-0.1, -0.05) is 24.9 Å². The van der Waals surface area contributed by atoms with Gasteiger partial charge in [-0.2, -0.15) is 4.31 Å². The number of benzene rings is 1. The Balaban J connectivity index is 2.32. The van der Waals surface area contributed by atoms with E-state index in [0.29, 0.717) is 19.0 Å². The topological polar surface area (TPSA) is 74.7 Å². The van der Waals surface area contributed by atoms with Crippen molar-refractivity contribution in [3.63, 3.8) is 0 Å². The average Bonchev–Trinajstić information content (AvgIpc) is 2.47. The second-order valence-electron chi connectivity index (χ2n) is 5.21. The minimum atomic E-state index is -3.74. The van der Waals surface area contributed by atoms with Crippen LogP contribution in [-0.4, -0.2) is 36.9 Å². The molecular weight excluding hydrogens is 314 g/mol. The summed E-state index contributed by atoms with van der Waals surface area (Å²) >= 11 is 5.96. The Hall–Kier alpha value is -1.11. The summed E-state index contributed by atoms with van der Waals surface area (Å²) in [6, 6.07) is 3.75. The lowest BCUT2D eigenvalue weighted by molar-refractivity contribution is 0.0696. The molecule has 5 nitrogen and oxygen atoms in total. The summed E-state index contributed by atoms with van der Waals surface area (Å²) in [7, 11) is -3.74. The van der Waals surface area contributed by atoms with Gasteiger partial charge in [-0.15, -0.1) is 0 Å². The third-order valence-corrected chi connectivity index (χ3v) is 6.33. The maximum absolute atomic E-state index is 12.6. The lowest BCUT2D eigenvalue weighted by Gasteiger charge is -2.30. The van der Waals surface area contributed by atoms with Gasteiger partial charge in [0, 0.05) is 13.1 Å². The summed E-state index contributed by atoms with van der Waals surface area (Å²) in [6.45, 7) is 3.00. The summed E-state index contributed by atoms with van der Waals surface area (Å²) in [4.78, 5) is 10.9. The maximum Gasteiger partial charge on any atom is 0.335 e. The first-order valence-corrected chi connectivity index (χ1v) is 8.71. The number of carboxylic acid groups (broad SMARTS) is 1. The van der Waals surface area contributed by atoms with Crippen molar-refractivity contribution < 1.29 is 18.3 Å². The number of piperidine rings is 1. The van der Waals surface area contributed by atoms with E-state index in [0.717, 1.165) is 25.3 Å². The molecule has 0 saturated carbocycles. The third kappa shape index (κ3) is 3.39. The van der Waals surface area contributed by atoms with Crippen LogP contribution in [-0.2, 0) is 10.0 Å². The molecule has 0 aliphatic carbocycles. The Bertz CT molecular complexity index is 636. The zero-order valence-corrected chi connectivity index (χ0v) is 13.3. The zero-order valence-electron chi connectivity index (χ0n) is 11.8. The highest BCUT2D eigenvalue weighted by molar-refractivity contribution is 7.89. The minimum absolute atomic E-state index is 0.0533. The molecule has 0 aromatic heterocycles. The second kappa shape index (κ2) is 6.34. The van der Waals surface area contributed by atoms with E-state index < -0.39 is 16.0 Å². The van der Waals surface area contributed by atoms with Gasteiger partial charge in [0.25, 0.3) is 0 Å². The van der Waals surface area contributed by atoms with Gasteiger partial charge in [0.2, 0.25) is 10.0 Å². The van der Waals surface area contributed by atoms with Crippen LogP contribution in [0.25, 0.3) is 0 Å². The fourth-order valence-electron chi connectivity index (χ4n) is 2.53. The SMILES string of the molecule is CCC1CCN(S(=O)(=O)c2cc(C(=O)O)ccc2Cl)CC1. The highest BCUT2D eigenvalue weighted by atomic mass is 35.5. The molecule has 1 fully saturated rings. The van der Waals surface area contributed by atoms with Gasteiger partial charge in [0.1, 0.15) is 4.90 Å². The van der Waals surface area contributed by atoms with Crippen molar-refractivity contribution >= 4 is 27.6 Å². The number of aromatic carboxylic acids is 1. The van der Waals surface area contributed by atoms with Crippen LogP contribution >= 0.6 is 11.6 Å². The Morgan fingerprint density at radius 2 is 2.00 bits per heavy atom. The summed E-state index contributed by atoms with van der Waals surface area (Å²) in [5.74, 6) is -0.620. The largest absolute Gasteiger partial charge is 0.478 e. The molecule has 0 bridgehead atoms. The van der Waals surface area contributed by atoms with Crippen molar-refractivity contribution in [1.82, 2.24) is 4.31 Å². The highest BCUT2D eigenvalue weighted by Gasteiger charge is 2.30. The molecule has 21 heavy (non-hydrogen) atoms. The average molecular weight is 332 g/mol. The lowest BCUT2D eigenvalue weighted by atomic mass is 9.96. The molecule has 0 spiro atoms. The van der Waals surface area contributed by atoms with Crippen LogP contribution in [0.2, 0.25) is 5.02 Å². The Morgan fingerprint density at radius 3 is 2.52 bits per heavy atom. The number of sulfonamides is 1. The number of carbonyl (C=O) groups is 1. The van der Waals surface area contributed by atoms with Gasteiger partial charge in [0.15, 0.2) is 0 Å². The molecule has 7 heteroatoms. The molecule has 2 rings (SSSR count). The fourth-order valence-corrected chi connectivity index (χ4v) is 4.50. The number of hydrogen-bond acceptors (Lipinski definition) is 3. The van der Waals surface area contributed by atoms with Crippen molar-refractivity contribution in [3.8, 4) is 0 Å². The predicted octanol–water partition coefficient (Wildman–Crippen LogP) is 2.85. The molecule has 1 aliphatic heterocycles. The smallest absolute Gasteiger partial charge is 0.335 e. The third-order valence-electron chi connectivity index (χ3n) is 3.95. The first-order valence-electron chi connectivity index (χ1n) is 6.89. The van der Waals surface area contributed by atoms with Crippen LogP contribution in [0.1, 0.15) is 36.5 Å². The Kier molecular flexibility index (Phi) is 4.91. The molecule has 1 aromatic carbocycles. The lowest BCUT2D eigenvalue weighted by Crippen LogP contribution is -2.38. The normalized spacial score (nSPS) is 17.8. The summed E-state index contributed by atoms with van der Waals surface area (Å²) in [6.07, 6.45) is 2.70. The van der Waals surface area contributed by atoms with E-state index in [2.05, 4.69) is 6.92 Å². The van der Waals surface area contributed by atoms with Gasteiger partial charge >= 0.3 is 5.97 Å². The number of hydrogen-bond donors (Lipinski definition) is 1. The molecule has 1 heterocycles. The Morgan fingerprint density at radius 1 is 1.38 bits per heavy atom. The van der Waals surface area contributed by atoms with Gasteiger partial charge in [-0.25, -0.2) is 13.2 Å². The summed E-state index contributed by atoms with van der Waals surface area (Å²) < 4.78 is 26.6. The molecule has 1 N–H and O–H groups in total. The van der Waals surface area contributed by atoms with Gasteiger partial charge in [0.05, 0.1) is 10.6 Å². The van der Waals surface area contributed by atoms with Crippen LogP contribution in [0, 0.1) is 5.92 Å². The number of rotatable bonds is 4. The van der Waals surface area contributed by atoms with Crippen molar-refractivity contribution in [3.05, 3.63) is 28.8 Å². The number of nitrogens with zero attached hydrogens (tertiary/aromatic N) is 1. The first kappa shape index (κ1) is 16.3. The molecule has 1 aliphatic rings. The van der Waals surface area contributed by atoms with Gasteiger partial charge < -0.3 is 5.11 Å². The van der Waals surface area contributed by atoms with Crippen LogP contribution < -0.4 is 0 Å². The molecule has 1 saturated heterocycles. The van der Waals surface area contributed by atoms with Crippen molar-refractivity contribution in [2.75, 3.05) is 13.1 Å². The van der Waals surface area contributed by atoms with E-state index in [1.807, 2.05) is 0 Å². The molecule has 0 amide bonds. The molecule has 1 aromatic rings. The van der Waals surface area contributed by atoms with Gasteiger partial charge in [-0.3, -0.25) is 0 Å². The van der Waals surface area contributed by atoms with E-state index in [9.17, 15) is 13.2 Å². The predicted molar refractivity (Wildman–Crippen MR) is 80.2 cm³/mol. The number of carboxylic acids is 1. The van der Waals surface area contributed by atoms with Crippen molar-refractivity contribution in [2.45, 2.75) is 31.1 Å². The second-order valence-corrected chi connectivity index (χ2v) is 7.52. The minimum Gasteiger partial charge on any atom is -0.478 e. The maximum atomic E-state index is 12.6. The quantitative estimate of drug-likeness (QED) is 0.920. The van der Waals surface area contributed by atoms with E-state index >= 15 is 0 Å². The highest BCUT2D eigenvalue weighted by Crippen LogP contribution is 2.29. The molecule has 0 radical (unpaired) electrons. The van der Waals surface area contributed by atoms with Crippen LogP contribution in [0.3, 0.4) is 0 Å².